The van der Waals surface area contributed by atoms with E-state index in [4.69, 9.17) is 5.73 Å². The van der Waals surface area contributed by atoms with Crippen molar-refractivity contribution in [1.29, 1.82) is 0 Å². The molecule has 0 radical (unpaired) electrons. The molecule has 0 saturated heterocycles. The van der Waals surface area contributed by atoms with Gasteiger partial charge in [-0.2, -0.15) is 0 Å². The van der Waals surface area contributed by atoms with Crippen LogP contribution in [-0.2, 0) is 0 Å². The van der Waals surface area contributed by atoms with E-state index in [0.29, 0.717) is 11.5 Å². The number of aromatic nitrogens is 2. The Kier molecular flexibility index (Phi) is 0.743. The van der Waals surface area contributed by atoms with E-state index >= 15 is 0 Å². The van der Waals surface area contributed by atoms with Gasteiger partial charge in [0.25, 0.3) is 0 Å². The van der Waals surface area contributed by atoms with Crippen LogP contribution in [0.5, 0.6) is 0 Å². The van der Waals surface area contributed by atoms with Crippen LogP contribution >= 0.6 is 0 Å². The van der Waals surface area contributed by atoms with Gasteiger partial charge in [0.1, 0.15) is 5.82 Å². The van der Waals surface area contributed by atoms with Crippen molar-refractivity contribution in [2.24, 2.45) is 0 Å². The molecule has 2 heterocycles. The molecule has 0 aliphatic rings. The van der Waals surface area contributed by atoms with Gasteiger partial charge in [0, 0.05) is 6.07 Å². The van der Waals surface area contributed by atoms with Gasteiger partial charge in [-0.1, -0.05) is 0 Å². The second-order valence-electron chi connectivity index (χ2n) is 1.93. The molecule has 0 aromatic carbocycles. The number of fused-ring (bicyclic) bond motifs is 1. The lowest BCUT2D eigenvalue weighted by molar-refractivity contribution is 0.555. The van der Waals surface area contributed by atoms with Crippen LogP contribution in [-0.4, -0.2) is 9.61 Å². The zero-order chi connectivity index (χ0) is 7.14. The lowest BCUT2D eigenvalue weighted by Crippen LogP contribution is -2.00. The van der Waals surface area contributed by atoms with Crippen LogP contribution < -0.4 is 11.5 Å². The van der Waals surface area contributed by atoms with Crippen molar-refractivity contribution in [3.8, 4) is 0 Å². The lowest BCUT2D eigenvalue weighted by Gasteiger charge is -1.82. The first kappa shape index (κ1) is 5.16. The lowest BCUT2D eigenvalue weighted by atomic mass is 10.6. The quantitative estimate of drug-likeness (QED) is 0.530. The van der Waals surface area contributed by atoms with E-state index < -0.39 is 5.76 Å². The molecule has 0 aliphatic heterocycles. The van der Waals surface area contributed by atoms with E-state index in [9.17, 15) is 4.79 Å². The number of aromatic amines is 1. The van der Waals surface area contributed by atoms with Gasteiger partial charge >= 0.3 is 5.76 Å². The monoisotopic (exact) mass is 139 g/mol. The summed E-state index contributed by atoms with van der Waals surface area (Å²) in [7, 11) is 0. The van der Waals surface area contributed by atoms with Crippen molar-refractivity contribution >= 4 is 11.5 Å². The number of H-pyrrole nitrogens is 1. The van der Waals surface area contributed by atoms with Crippen molar-refractivity contribution in [2.45, 2.75) is 0 Å². The molecule has 5 nitrogen and oxygen atoms in total. The Morgan fingerprint density at radius 2 is 2.40 bits per heavy atom. The molecular formula is C5H5N3O2. The van der Waals surface area contributed by atoms with Crippen molar-refractivity contribution in [3.05, 3.63) is 22.7 Å². The Bertz CT molecular complexity index is 408. The molecule has 0 atom stereocenters. The maximum absolute atomic E-state index is 10.5. The SMILES string of the molecule is Nc1ccc2oc(=O)[nH]n12. The standard InChI is InChI=1S/C5H5N3O2/c6-3-1-2-4-8(3)7-5(9)10-4/h1-2H,6H2,(H,7,9). The summed E-state index contributed by atoms with van der Waals surface area (Å²) in [5.41, 5.74) is 5.86. The molecule has 3 N–H and O–H groups in total. The molecule has 0 fully saturated rings. The summed E-state index contributed by atoms with van der Waals surface area (Å²) in [5, 5.41) is 2.38. The molecule has 52 valence electrons. The van der Waals surface area contributed by atoms with E-state index in [1.165, 1.54) is 4.52 Å². The summed E-state index contributed by atoms with van der Waals surface area (Å²) in [6, 6.07) is 3.27. The Morgan fingerprint density at radius 1 is 1.60 bits per heavy atom. The predicted molar refractivity (Wildman–Crippen MR) is 34.7 cm³/mol. The fraction of sp³-hybridized carbons (Fsp3) is 0. The highest BCUT2D eigenvalue weighted by molar-refractivity contribution is 5.46. The van der Waals surface area contributed by atoms with E-state index in [1.54, 1.807) is 12.1 Å². The zero-order valence-corrected chi connectivity index (χ0v) is 5.00. The molecule has 0 spiro atoms. The van der Waals surface area contributed by atoms with E-state index in [1.807, 2.05) is 0 Å². The Balaban J connectivity index is 3.03. The fourth-order valence-corrected chi connectivity index (χ4v) is 0.841. The highest BCUT2D eigenvalue weighted by Gasteiger charge is 2.00. The van der Waals surface area contributed by atoms with Crippen LogP contribution in [0.1, 0.15) is 0 Å². The van der Waals surface area contributed by atoms with E-state index in [-0.39, 0.29) is 0 Å². The average Bonchev–Trinajstić information content (AvgIpc) is 2.35. The Morgan fingerprint density at radius 3 is 3.10 bits per heavy atom. The largest absolute Gasteiger partial charge is 0.433 e. The molecule has 0 bridgehead atoms. The van der Waals surface area contributed by atoms with Gasteiger partial charge < -0.3 is 10.2 Å². The minimum absolute atomic E-state index is 0.433. The van der Waals surface area contributed by atoms with Crippen LogP contribution in [0.3, 0.4) is 0 Å². The second-order valence-corrected chi connectivity index (χ2v) is 1.93. The van der Waals surface area contributed by atoms with Crippen molar-refractivity contribution in [2.75, 3.05) is 5.73 Å². The Hall–Kier alpha value is -1.65. The smallest absolute Gasteiger partial charge is 0.390 e. The molecular weight excluding hydrogens is 134 g/mol. The maximum Gasteiger partial charge on any atom is 0.433 e. The average molecular weight is 139 g/mol. The number of hydrogen-bond acceptors (Lipinski definition) is 3. The summed E-state index contributed by atoms with van der Waals surface area (Å²) in [5.74, 6) is -0.0387. The topological polar surface area (TPSA) is 76.4 Å². The van der Waals surface area contributed by atoms with Crippen LogP contribution in [0.2, 0.25) is 0 Å². The van der Waals surface area contributed by atoms with Gasteiger partial charge in [-0.3, -0.25) is 0 Å². The highest BCUT2D eigenvalue weighted by Crippen LogP contribution is 2.06. The molecule has 0 saturated carbocycles. The van der Waals surface area contributed by atoms with Crippen molar-refractivity contribution in [3.63, 3.8) is 0 Å². The minimum Gasteiger partial charge on any atom is -0.390 e. The van der Waals surface area contributed by atoms with E-state index in [0.717, 1.165) is 0 Å². The zero-order valence-electron chi connectivity index (χ0n) is 5.00. The van der Waals surface area contributed by atoms with Gasteiger partial charge in [0.15, 0.2) is 0 Å². The van der Waals surface area contributed by atoms with Gasteiger partial charge in [0.2, 0.25) is 5.71 Å². The molecule has 2 aromatic rings. The summed E-state index contributed by atoms with van der Waals surface area (Å²) in [4.78, 5) is 10.5. The predicted octanol–water partition coefficient (Wildman–Crippen LogP) is -0.197. The third kappa shape index (κ3) is 0.485. The first-order valence-electron chi connectivity index (χ1n) is 2.73. The van der Waals surface area contributed by atoms with Gasteiger partial charge in [-0.25, -0.2) is 14.4 Å². The number of nitrogens with zero attached hydrogens (tertiary/aromatic N) is 1. The van der Waals surface area contributed by atoms with Crippen LogP contribution in [0.25, 0.3) is 5.71 Å². The fourth-order valence-electron chi connectivity index (χ4n) is 0.841. The molecule has 0 unspecified atom stereocenters. The van der Waals surface area contributed by atoms with Crippen LogP contribution in [0, 0.1) is 0 Å². The molecule has 0 amide bonds. The molecule has 2 rings (SSSR count). The van der Waals surface area contributed by atoms with Crippen molar-refractivity contribution in [1.82, 2.24) is 9.61 Å². The first-order chi connectivity index (χ1) is 4.77. The number of hydrogen-bond donors (Lipinski definition) is 2. The third-order valence-corrected chi connectivity index (χ3v) is 1.28. The summed E-state index contributed by atoms with van der Waals surface area (Å²) >= 11 is 0. The van der Waals surface area contributed by atoms with Gasteiger partial charge in [-0.15, -0.1) is 0 Å². The van der Waals surface area contributed by atoms with Crippen LogP contribution in [0.4, 0.5) is 5.82 Å². The number of rotatable bonds is 0. The van der Waals surface area contributed by atoms with Crippen molar-refractivity contribution < 1.29 is 4.42 Å². The van der Waals surface area contributed by atoms with Crippen LogP contribution in [0.15, 0.2) is 21.3 Å². The molecule has 2 aromatic heterocycles. The van der Waals surface area contributed by atoms with Gasteiger partial charge in [-0.05, 0) is 6.07 Å². The summed E-state index contributed by atoms with van der Waals surface area (Å²) in [6.07, 6.45) is 0. The Labute approximate surface area is 55.0 Å². The molecule has 10 heavy (non-hydrogen) atoms. The maximum atomic E-state index is 10.5. The normalized spacial score (nSPS) is 10.8. The number of anilines is 1. The highest BCUT2D eigenvalue weighted by atomic mass is 16.4. The minimum atomic E-state index is -0.498. The number of nitrogen functional groups attached to an aromatic ring is 1. The molecule has 0 aliphatic carbocycles. The summed E-state index contributed by atoms with van der Waals surface area (Å²) in [6.45, 7) is 0. The number of nitrogens with two attached hydrogens (primary N) is 1. The first-order valence-corrected chi connectivity index (χ1v) is 2.73. The third-order valence-electron chi connectivity index (χ3n) is 1.28. The van der Waals surface area contributed by atoms with Gasteiger partial charge in [0.05, 0.1) is 0 Å². The second kappa shape index (κ2) is 1.44. The summed E-state index contributed by atoms with van der Waals surface area (Å²) < 4.78 is 6.04. The molecule has 5 heteroatoms. The number of nitrogens with one attached hydrogen (secondary N) is 1. The van der Waals surface area contributed by atoms with E-state index in [2.05, 4.69) is 9.52 Å².